The highest BCUT2D eigenvalue weighted by Crippen LogP contribution is 2.40. The average Bonchev–Trinajstić information content (AvgIpc) is 3.80. The van der Waals surface area contributed by atoms with Gasteiger partial charge >= 0.3 is 17.9 Å². The van der Waals surface area contributed by atoms with Crippen LogP contribution >= 0.6 is 0 Å². The number of carbonyl (C=O) groups excluding carboxylic acids is 2. The lowest BCUT2D eigenvalue weighted by Crippen LogP contribution is -2.17. The number of aromatic carboxylic acids is 1. The summed E-state index contributed by atoms with van der Waals surface area (Å²) >= 11 is 0. The molecule has 7 rings (SSSR count). The van der Waals surface area contributed by atoms with E-state index in [0.717, 1.165) is 44.3 Å². The second-order valence-electron chi connectivity index (χ2n) is 11.1. The molecule has 0 unspecified atom stereocenters. The Bertz CT molecular complexity index is 2280. The first-order valence-corrected chi connectivity index (χ1v) is 15.0. The first kappa shape index (κ1) is 29.4. The lowest BCUT2D eigenvalue weighted by atomic mass is 10.1. The molecule has 10 heteroatoms. The van der Waals surface area contributed by atoms with E-state index in [-0.39, 0.29) is 42.3 Å². The van der Waals surface area contributed by atoms with Gasteiger partial charge in [0.05, 0.1) is 25.0 Å². The summed E-state index contributed by atoms with van der Waals surface area (Å²) in [4.78, 5) is 48.3. The van der Waals surface area contributed by atoms with E-state index in [9.17, 15) is 19.5 Å². The van der Waals surface area contributed by atoms with Crippen LogP contribution in [0.4, 0.5) is 0 Å². The third kappa shape index (κ3) is 6.16. The van der Waals surface area contributed by atoms with Gasteiger partial charge in [0.2, 0.25) is 5.75 Å². The number of hydrogen-bond acceptors (Lipinski definition) is 6. The van der Waals surface area contributed by atoms with Gasteiger partial charge in [-0.25, -0.2) is 4.79 Å². The van der Waals surface area contributed by atoms with Crippen molar-refractivity contribution in [3.05, 3.63) is 126 Å². The summed E-state index contributed by atoms with van der Waals surface area (Å²) in [5.74, 6) is -3.02. The summed E-state index contributed by atoms with van der Waals surface area (Å²) in [5.41, 5.74) is 4.93. The maximum absolute atomic E-state index is 13.4. The minimum absolute atomic E-state index is 0.0353. The van der Waals surface area contributed by atoms with E-state index >= 15 is 0 Å². The van der Waals surface area contributed by atoms with Crippen LogP contribution in [0.15, 0.2) is 104 Å². The number of rotatable bonds is 11. The van der Waals surface area contributed by atoms with Crippen molar-refractivity contribution < 1.29 is 33.7 Å². The van der Waals surface area contributed by atoms with Crippen LogP contribution in [0.5, 0.6) is 17.2 Å². The van der Waals surface area contributed by atoms with Crippen LogP contribution in [0.3, 0.4) is 0 Å². The van der Waals surface area contributed by atoms with Crippen LogP contribution in [0.2, 0.25) is 0 Å². The van der Waals surface area contributed by atoms with Crippen LogP contribution in [0, 0.1) is 0 Å². The molecule has 0 aliphatic heterocycles. The van der Waals surface area contributed by atoms with Gasteiger partial charge in [-0.2, -0.15) is 0 Å². The summed E-state index contributed by atoms with van der Waals surface area (Å²) in [7, 11) is 0. The number of carboxylic acid groups (broad SMARTS) is 1. The maximum atomic E-state index is 13.4. The first-order chi connectivity index (χ1) is 22.9. The molecule has 0 aliphatic carbocycles. The summed E-state index contributed by atoms with van der Waals surface area (Å²) in [6.45, 7) is 0.126. The zero-order valence-corrected chi connectivity index (χ0v) is 25.0. The molecule has 0 fully saturated rings. The number of para-hydroxylation sites is 3. The van der Waals surface area contributed by atoms with Crippen molar-refractivity contribution in [3.8, 4) is 17.2 Å². The van der Waals surface area contributed by atoms with Gasteiger partial charge in [-0.15, -0.1) is 0 Å². The minimum atomic E-state index is -1.27. The first-order valence-electron chi connectivity index (χ1n) is 15.0. The Kier molecular flexibility index (Phi) is 7.89. The van der Waals surface area contributed by atoms with Crippen molar-refractivity contribution in [3.63, 3.8) is 0 Å². The fourth-order valence-corrected chi connectivity index (χ4v) is 5.77. The van der Waals surface area contributed by atoms with Gasteiger partial charge in [0.25, 0.3) is 0 Å². The lowest BCUT2D eigenvalue weighted by Gasteiger charge is -2.16. The van der Waals surface area contributed by atoms with E-state index in [2.05, 4.69) is 15.0 Å². The van der Waals surface area contributed by atoms with Crippen LogP contribution in [0.1, 0.15) is 27.0 Å². The standard InChI is InChI=1S/C37H29N3O7/c41-34(17-24-20-39-30-11-5-2-8-27(24)30)46-33-16-23(37(43)44)15-32(45-14-13-22-19-38-29-10-4-1-7-26(22)29)36(33)47-35(42)18-25-21-40-31-12-6-3-9-28(25)31/h1-12,15-16,19-21,38-40H,13-14,17-18H2,(H,43,44). The van der Waals surface area contributed by atoms with Crippen molar-refractivity contribution in [2.24, 2.45) is 0 Å². The lowest BCUT2D eigenvalue weighted by molar-refractivity contribution is -0.136. The number of carboxylic acids is 1. The van der Waals surface area contributed by atoms with Gasteiger partial charge in [-0.3, -0.25) is 9.59 Å². The van der Waals surface area contributed by atoms with Crippen molar-refractivity contribution in [1.82, 2.24) is 15.0 Å². The number of hydrogen-bond donors (Lipinski definition) is 4. The van der Waals surface area contributed by atoms with Gasteiger partial charge in [-0.05, 0) is 47.0 Å². The maximum Gasteiger partial charge on any atom is 0.335 e. The van der Waals surface area contributed by atoms with E-state index < -0.39 is 17.9 Å². The highest BCUT2D eigenvalue weighted by atomic mass is 16.6. The molecule has 3 aromatic heterocycles. The molecule has 7 aromatic rings. The molecule has 0 atom stereocenters. The number of carbonyl (C=O) groups is 3. The molecule has 0 radical (unpaired) electrons. The Morgan fingerprint density at radius 1 is 0.596 bits per heavy atom. The fourth-order valence-electron chi connectivity index (χ4n) is 5.77. The SMILES string of the molecule is O=C(Cc1c[nH]c2ccccc12)Oc1cc(C(=O)O)cc(OCCc2c[nH]c3ccccc23)c1OC(=O)Cc1c[nH]c2ccccc12. The third-order valence-corrected chi connectivity index (χ3v) is 8.03. The van der Waals surface area contributed by atoms with Gasteiger partial charge in [0.15, 0.2) is 11.5 Å². The number of ether oxygens (including phenoxy) is 3. The summed E-state index contributed by atoms with van der Waals surface area (Å²) in [6.07, 6.45) is 5.62. The van der Waals surface area contributed by atoms with E-state index in [0.29, 0.717) is 17.5 Å². The van der Waals surface area contributed by atoms with Gasteiger partial charge in [0.1, 0.15) is 0 Å². The molecule has 234 valence electrons. The van der Waals surface area contributed by atoms with E-state index in [4.69, 9.17) is 14.2 Å². The van der Waals surface area contributed by atoms with Gasteiger partial charge in [-0.1, -0.05) is 54.6 Å². The smallest absolute Gasteiger partial charge is 0.335 e. The molecule has 4 N–H and O–H groups in total. The molecule has 47 heavy (non-hydrogen) atoms. The van der Waals surface area contributed by atoms with Crippen molar-refractivity contribution >= 4 is 50.6 Å². The molecule has 4 aromatic carbocycles. The number of benzene rings is 4. The summed E-state index contributed by atoms with van der Waals surface area (Å²) in [6, 6.07) is 25.4. The number of aromatic nitrogens is 3. The Hall–Kier alpha value is -6.29. The monoisotopic (exact) mass is 627 g/mol. The second-order valence-corrected chi connectivity index (χ2v) is 11.1. The Balaban J connectivity index is 1.19. The zero-order chi connectivity index (χ0) is 32.3. The van der Waals surface area contributed by atoms with Crippen LogP contribution < -0.4 is 14.2 Å². The molecule has 3 heterocycles. The van der Waals surface area contributed by atoms with Gasteiger partial charge in [0, 0.05) is 57.7 Å². The largest absolute Gasteiger partial charge is 0.489 e. The molecular weight excluding hydrogens is 598 g/mol. The predicted octanol–water partition coefficient (Wildman–Crippen LogP) is 6.75. The Morgan fingerprint density at radius 3 is 1.62 bits per heavy atom. The number of aromatic amines is 3. The van der Waals surface area contributed by atoms with Gasteiger partial charge < -0.3 is 34.3 Å². The summed E-state index contributed by atoms with van der Waals surface area (Å²) in [5, 5.41) is 12.7. The normalized spacial score (nSPS) is 11.2. The molecule has 0 bridgehead atoms. The molecule has 0 amide bonds. The number of H-pyrrole nitrogens is 3. The molecule has 0 saturated carbocycles. The van der Waals surface area contributed by atoms with E-state index in [1.807, 2.05) is 79.0 Å². The highest BCUT2D eigenvalue weighted by Gasteiger charge is 2.24. The Morgan fingerprint density at radius 2 is 1.06 bits per heavy atom. The molecular formula is C37H29N3O7. The van der Waals surface area contributed by atoms with E-state index in [1.54, 1.807) is 12.4 Å². The van der Waals surface area contributed by atoms with Crippen LogP contribution in [-0.2, 0) is 28.9 Å². The predicted molar refractivity (Wildman–Crippen MR) is 176 cm³/mol. The minimum Gasteiger partial charge on any atom is -0.489 e. The molecule has 0 saturated heterocycles. The van der Waals surface area contributed by atoms with Crippen molar-refractivity contribution in [1.29, 1.82) is 0 Å². The fraction of sp³-hybridized carbons (Fsp3) is 0.108. The quantitative estimate of drug-likeness (QED) is 0.0917. The number of nitrogens with one attached hydrogen (secondary N) is 3. The Labute approximate surface area is 267 Å². The number of esters is 2. The highest BCUT2D eigenvalue weighted by molar-refractivity contribution is 5.92. The second kappa shape index (κ2) is 12.6. The summed E-state index contributed by atoms with van der Waals surface area (Å²) < 4.78 is 17.7. The zero-order valence-electron chi connectivity index (χ0n) is 25.0. The number of fused-ring (bicyclic) bond motifs is 3. The van der Waals surface area contributed by atoms with Crippen molar-refractivity contribution in [2.75, 3.05) is 6.61 Å². The molecule has 10 nitrogen and oxygen atoms in total. The van der Waals surface area contributed by atoms with E-state index in [1.165, 1.54) is 6.07 Å². The van der Waals surface area contributed by atoms with Crippen molar-refractivity contribution in [2.45, 2.75) is 19.3 Å². The topological polar surface area (TPSA) is 146 Å². The third-order valence-electron chi connectivity index (χ3n) is 8.03. The molecule has 0 spiro atoms. The van der Waals surface area contributed by atoms with Crippen LogP contribution in [0.25, 0.3) is 32.7 Å². The average molecular weight is 628 g/mol. The van der Waals surface area contributed by atoms with Crippen LogP contribution in [-0.4, -0.2) is 44.6 Å². The molecule has 0 aliphatic rings.